The lowest BCUT2D eigenvalue weighted by atomic mass is 9.89. The first kappa shape index (κ1) is 23.8. The van der Waals surface area contributed by atoms with Gasteiger partial charge in [0.1, 0.15) is 0 Å². The minimum atomic E-state index is -0.296. The number of nitrogens with zero attached hydrogens (tertiary/aromatic N) is 7. The van der Waals surface area contributed by atoms with Gasteiger partial charge in [-0.25, -0.2) is 9.97 Å². The molecule has 0 amide bonds. The Morgan fingerprint density at radius 2 is 2.03 bits per heavy atom. The van der Waals surface area contributed by atoms with Crippen LogP contribution in [0.15, 0.2) is 41.4 Å². The molecule has 0 radical (unpaired) electrons. The van der Waals surface area contributed by atoms with E-state index in [1.807, 2.05) is 46.3 Å². The van der Waals surface area contributed by atoms with E-state index in [1.165, 1.54) is 5.56 Å². The number of hydrogen-bond acceptors (Lipinski definition) is 9. The van der Waals surface area contributed by atoms with Crippen molar-refractivity contribution in [3.63, 3.8) is 0 Å². The largest absolute Gasteiger partial charge is 0.338 e. The molecule has 1 atom stereocenters. The van der Waals surface area contributed by atoms with Gasteiger partial charge in [0.25, 0.3) is 0 Å². The van der Waals surface area contributed by atoms with Crippen molar-refractivity contribution in [2.75, 3.05) is 5.32 Å². The van der Waals surface area contributed by atoms with E-state index in [2.05, 4.69) is 36.6 Å². The Morgan fingerprint density at radius 3 is 2.78 bits per heavy atom. The van der Waals surface area contributed by atoms with Crippen molar-refractivity contribution < 1.29 is 9.32 Å². The van der Waals surface area contributed by atoms with Gasteiger partial charge in [-0.1, -0.05) is 32.3 Å². The third-order valence-electron chi connectivity index (χ3n) is 6.34. The van der Waals surface area contributed by atoms with Gasteiger partial charge in [-0.15, -0.1) is 0 Å². The first-order valence-electron chi connectivity index (χ1n) is 12.2. The molecule has 0 saturated heterocycles. The van der Waals surface area contributed by atoms with Crippen LogP contribution in [0, 0.1) is 0 Å². The van der Waals surface area contributed by atoms with E-state index in [0.717, 1.165) is 48.3 Å². The van der Waals surface area contributed by atoms with E-state index in [1.54, 1.807) is 17.1 Å². The Kier molecular flexibility index (Phi) is 6.34. The molecule has 36 heavy (non-hydrogen) atoms. The topological polar surface area (TPSA) is 125 Å². The lowest BCUT2D eigenvalue weighted by molar-refractivity contribution is 0.0959. The number of anilines is 2. The van der Waals surface area contributed by atoms with Crippen LogP contribution in [0.3, 0.4) is 0 Å². The van der Waals surface area contributed by atoms with E-state index < -0.39 is 0 Å². The molecule has 10 heteroatoms. The smallest absolute Gasteiger partial charge is 0.238 e. The monoisotopic (exact) mass is 486 g/mol. The molecule has 0 unspecified atom stereocenters. The zero-order valence-electron chi connectivity index (χ0n) is 21.0. The summed E-state index contributed by atoms with van der Waals surface area (Å²) in [5.74, 6) is 1.08. The van der Waals surface area contributed by atoms with E-state index in [-0.39, 0.29) is 22.9 Å². The Hall–Kier alpha value is -3.95. The third-order valence-corrected chi connectivity index (χ3v) is 6.34. The van der Waals surface area contributed by atoms with E-state index in [4.69, 9.17) is 9.51 Å². The highest BCUT2D eigenvalue weighted by Crippen LogP contribution is 2.35. The Bertz CT molecular complexity index is 1380. The van der Waals surface area contributed by atoms with Crippen molar-refractivity contribution in [3.05, 3.63) is 59.8 Å². The molecule has 4 aromatic rings. The number of aryl methyl sites for hydroxylation is 2. The maximum absolute atomic E-state index is 13.0. The van der Waals surface area contributed by atoms with Gasteiger partial charge in [0.15, 0.2) is 0 Å². The van der Waals surface area contributed by atoms with Crippen molar-refractivity contribution in [2.24, 2.45) is 7.05 Å². The fraction of sp³-hybridized carbons (Fsp3) is 0.423. The average Bonchev–Trinajstić information content (AvgIpc) is 3.46. The maximum atomic E-state index is 13.0. The van der Waals surface area contributed by atoms with E-state index in [9.17, 15) is 4.79 Å². The molecule has 0 aliphatic heterocycles. The number of fused-ring (bicyclic) bond motifs is 1. The summed E-state index contributed by atoms with van der Waals surface area (Å²) in [7, 11) is 1.86. The maximum Gasteiger partial charge on any atom is 0.238 e. The molecule has 4 aromatic heterocycles. The highest BCUT2D eigenvalue weighted by atomic mass is 16.5. The first-order valence-corrected chi connectivity index (χ1v) is 12.2. The predicted molar refractivity (Wildman–Crippen MR) is 134 cm³/mol. The van der Waals surface area contributed by atoms with Gasteiger partial charge in [-0.2, -0.15) is 10.1 Å². The van der Waals surface area contributed by atoms with Crippen LogP contribution in [-0.4, -0.2) is 40.7 Å². The number of aromatic nitrogens is 7. The highest BCUT2D eigenvalue weighted by Gasteiger charge is 2.28. The number of ketones is 1. The van der Waals surface area contributed by atoms with Gasteiger partial charge in [0, 0.05) is 37.5 Å². The van der Waals surface area contributed by atoms with E-state index in [0.29, 0.717) is 18.3 Å². The van der Waals surface area contributed by atoms with Crippen molar-refractivity contribution in [1.82, 2.24) is 34.9 Å². The number of hydrogen-bond donors (Lipinski definition) is 1. The fourth-order valence-corrected chi connectivity index (χ4v) is 4.44. The molecule has 186 valence electrons. The minimum Gasteiger partial charge on any atom is -0.338 e. The summed E-state index contributed by atoms with van der Waals surface area (Å²) < 4.78 is 7.04. The number of pyridine rings is 1. The van der Waals surface area contributed by atoms with Gasteiger partial charge in [-0.3, -0.25) is 14.5 Å². The summed E-state index contributed by atoms with van der Waals surface area (Å²) in [6, 6.07) is 3.95. The molecule has 1 N–H and O–H groups in total. The molecule has 0 saturated carbocycles. The molecule has 0 fully saturated rings. The van der Waals surface area contributed by atoms with Gasteiger partial charge in [0.05, 0.1) is 23.3 Å². The van der Waals surface area contributed by atoms with Crippen LogP contribution in [0.4, 0.5) is 11.6 Å². The lowest BCUT2D eigenvalue weighted by Crippen LogP contribution is -2.13. The minimum absolute atomic E-state index is 0.0707. The van der Waals surface area contributed by atoms with Crippen molar-refractivity contribution in [2.45, 2.75) is 64.2 Å². The van der Waals surface area contributed by atoms with Crippen LogP contribution in [0.25, 0.3) is 11.4 Å². The average molecular weight is 487 g/mol. The third kappa shape index (κ3) is 5.17. The van der Waals surface area contributed by atoms with Crippen molar-refractivity contribution in [3.8, 4) is 11.4 Å². The molecule has 4 heterocycles. The number of nitrogens with one attached hydrogen (secondary N) is 1. The molecular formula is C26H30N8O2. The SMILES string of the molecule is Cn1cc(Nc2nccc(-c3cc4c(cn3)[C@H](CC(=O)c3noc(C(C)(C)C)n3)CCCC4)n2)cn1. The van der Waals surface area contributed by atoms with Crippen LogP contribution in [0.5, 0.6) is 0 Å². The summed E-state index contributed by atoms with van der Waals surface area (Å²) in [5, 5.41) is 11.3. The molecule has 5 rings (SSSR count). The zero-order valence-corrected chi connectivity index (χ0v) is 21.0. The van der Waals surface area contributed by atoms with Gasteiger partial charge >= 0.3 is 0 Å². The van der Waals surface area contributed by atoms with Crippen LogP contribution in [0.1, 0.15) is 80.0 Å². The second-order valence-corrected chi connectivity index (χ2v) is 10.3. The number of rotatable bonds is 6. The number of carbonyl (C=O) groups is 1. The van der Waals surface area contributed by atoms with Crippen molar-refractivity contribution in [1.29, 1.82) is 0 Å². The lowest BCUT2D eigenvalue weighted by Gasteiger charge is -2.17. The summed E-state index contributed by atoms with van der Waals surface area (Å²) in [6.45, 7) is 5.94. The van der Waals surface area contributed by atoms with Gasteiger partial charge < -0.3 is 9.84 Å². The van der Waals surface area contributed by atoms with Crippen LogP contribution >= 0.6 is 0 Å². The molecule has 10 nitrogen and oxygen atoms in total. The fourth-order valence-electron chi connectivity index (χ4n) is 4.44. The number of Topliss-reactive ketones (excluding diaryl/α,β-unsaturated/α-hetero) is 1. The Balaban J connectivity index is 1.36. The normalized spacial score (nSPS) is 15.8. The van der Waals surface area contributed by atoms with Gasteiger partial charge in [-0.05, 0) is 48.4 Å². The van der Waals surface area contributed by atoms with Gasteiger partial charge in [0.2, 0.25) is 23.4 Å². The van der Waals surface area contributed by atoms with Crippen LogP contribution < -0.4 is 5.32 Å². The summed E-state index contributed by atoms with van der Waals surface area (Å²) in [5.41, 5.74) is 4.36. The summed E-state index contributed by atoms with van der Waals surface area (Å²) in [4.78, 5) is 31.1. The Morgan fingerprint density at radius 1 is 1.17 bits per heavy atom. The first-order chi connectivity index (χ1) is 17.3. The Labute approximate surface area is 209 Å². The summed E-state index contributed by atoms with van der Waals surface area (Å²) >= 11 is 0. The second kappa shape index (κ2) is 9.60. The summed E-state index contributed by atoms with van der Waals surface area (Å²) in [6.07, 6.45) is 11.5. The quantitative estimate of drug-likeness (QED) is 0.303. The standard InChI is InChI=1S/C26H30N8O2/c1-26(2,3)24-32-23(33-36-24)22(35)12-17-8-6-5-7-16-11-21(28-14-19(16)17)20-9-10-27-25(31-20)30-18-13-29-34(4)15-18/h9-11,13-15,17H,5-8,12H2,1-4H3,(H,27,30,31)/t17-/m0/s1. The predicted octanol–water partition coefficient (Wildman–Crippen LogP) is 4.78. The van der Waals surface area contributed by atoms with Crippen LogP contribution in [0.2, 0.25) is 0 Å². The molecular weight excluding hydrogens is 456 g/mol. The molecule has 0 aromatic carbocycles. The molecule has 1 aliphatic carbocycles. The second-order valence-electron chi connectivity index (χ2n) is 10.3. The van der Waals surface area contributed by atoms with Crippen LogP contribution in [-0.2, 0) is 18.9 Å². The molecule has 0 spiro atoms. The molecule has 1 aliphatic rings. The molecule has 0 bridgehead atoms. The number of carbonyl (C=O) groups excluding carboxylic acids is 1. The van der Waals surface area contributed by atoms with Crippen molar-refractivity contribution >= 4 is 17.4 Å². The van der Waals surface area contributed by atoms with E-state index >= 15 is 0 Å². The zero-order chi connectivity index (χ0) is 25.3. The highest BCUT2D eigenvalue weighted by molar-refractivity contribution is 5.92.